The number of unbranched alkanes of at least 4 members (excludes halogenated alkanes) is 3. The Balaban J connectivity index is 1.53. The molecule has 2 heteroatoms. The second kappa shape index (κ2) is 9.94. The van der Waals surface area contributed by atoms with E-state index < -0.39 is 0 Å². The molecule has 1 aliphatic carbocycles. The van der Waals surface area contributed by atoms with Crippen LogP contribution in [0.1, 0.15) is 70.3 Å². The van der Waals surface area contributed by atoms with Gasteiger partial charge in [-0.3, -0.25) is 4.79 Å². The molecule has 0 spiro atoms. The fraction of sp³-hybridized carbons (Fsp3) is 0.625. The molecular formula is C24H35NO. The molecule has 142 valence electrons. The molecule has 2 unspecified atom stereocenters. The molecule has 1 heterocycles. The van der Waals surface area contributed by atoms with Crippen LogP contribution in [0.5, 0.6) is 0 Å². The largest absolute Gasteiger partial charge is 0.342 e. The Labute approximate surface area is 159 Å². The number of fused-ring (bicyclic) bond motifs is 1. The molecule has 1 aliphatic heterocycles. The van der Waals surface area contributed by atoms with E-state index in [1.807, 2.05) is 0 Å². The van der Waals surface area contributed by atoms with E-state index in [0.29, 0.717) is 17.7 Å². The molecule has 0 bridgehead atoms. The van der Waals surface area contributed by atoms with E-state index in [1.165, 1.54) is 50.5 Å². The summed E-state index contributed by atoms with van der Waals surface area (Å²) in [7, 11) is 0. The number of benzene rings is 1. The van der Waals surface area contributed by atoms with E-state index in [-0.39, 0.29) is 0 Å². The highest BCUT2D eigenvalue weighted by Gasteiger charge is 2.31. The fourth-order valence-corrected chi connectivity index (χ4v) is 4.60. The normalized spacial score (nSPS) is 23.3. The van der Waals surface area contributed by atoms with Gasteiger partial charge in [-0.05, 0) is 55.9 Å². The Kier molecular flexibility index (Phi) is 7.34. The Morgan fingerprint density at radius 3 is 2.65 bits per heavy atom. The van der Waals surface area contributed by atoms with Crippen LogP contribution in [0.3, 0.4) is 0 Å². The van der Waals surface area contributed by atoms with E-state index in [1.54, 1.807) is 5.57 Å². The minimum atomic E-state index is 0.369. The maximum atomic E-state index is 12.6. The van der Waals surface area contributed by atoms with Crippen molar-refractivity contribution in [3.63, 3.8) is 0 Å². The molecule has 0 aromatic heterocycles. The second-order valence-electron chi connectivity index (χ2n) is 8.21. The third-order valence-corrected chi connectivity index (χ3v) is 6.26. The van der Waals surface area contributed by atoms with E-state index in [9.17, 15) is 4.79 Å². The smallest absolute Gasteiger partial charge is 0.222 e. The highest BCUT2D eigenvalue weighted by molar-refractivity contribution is 5.76. The van der Waals surface area contributed by atoms with Crippen LogP contribution in [-0.4, -0.2) is 23.9 Å². The van der Waals surface area contributed by atoms with Gasteiger partial charge in [0.15, 0.2) is 0 Å². The molecule has 26 heavy (non-hydrogen) atoms. The van der Waals surface area contributed by atoms with Crippen molar-refractivity contribution in [1.29, 1.82) is 0 Å². The van der Waals surface area contributed by atoms with Crippen molar-refractivity contribution in [3.8, 4) is 0 Å². The van der Waals surface area contributed by atoms with Crippen LogP contribution in [0, 0.1) is 11.8 Å². The number of rotatable bonds is 8. The van der Waals surface area contributed by atoms with Crippen LogP contribution in [0.25, 0.3) is 0 Å². The lowest BCUT2D eigenvalue weighted by atomic mass is 9.78. The first kappa shape index (κ1) is 19.2. The van der Waals surface area contributed by atoms with Crippen LogP contribution in [0.4, 0.5) is 0 Å². The predicted octanol–water partition coefficient (Wildman–Crippen LogP) is 5.77. The first-order valence-corrected chi connectivity index (χ1v) is 10.8. The molecule has 2 nitrogen and oxygen atoms in total. The molecule has 0 radical (unpaired) electrons. The summed E-state index contributed by atoms with van der Waals surface area (Å²) >= 11 is 0. The SMILES string of the molecule is CCCCCCC1=CC2CCC(=O)N(CCc3ccccc3)CC2CC1. The highest BCUT2D eigenvalue weighted by Crippen LogP contribution is 2.36. The van der Waals surface area contributed by atoms with Gasteiger partial charge in [0.05, 0.1) is 0 Å². The predicted molar refractivity (Wildman–Crippen MR) is 109 cm³/mol. The van der Waals surface area contributed by atoms with Crippen molar-refractivity contribution >= 4 is 5.91 Å². The number of nitrogens with zero attached hydrogens (tertiary/aromatic N) is 1. The van der Waals surface area contributed by atoms with Crippen LogP contribution in [-0.2, 0) is 11.2 Å². The van der Waals surface area contributed by atoms with Gasteiger partial charge in [0.2, 0.25) is 5.91 Å². The van der Waals surface area contributed by atoms with Crippen molar-refractivity contribution < 1.29 is 4.79 Å². The summed E-state index contributed by atoms with van der Waals surface area (Å²) in [5, 5.41) is 0. The first-order chi connectivity index (χ1) is 12.8. The average Bonchev–Trinajstić information content (AvgIpc) is 2.83. The van der Waals surface area contributed by atoms with Crippen LogP contribution in [0.2, 0.25) is 0 Å². The van der Waals surface area contributed by atoms with Crippen LogP contribution < -0.4 is 0 Å². The number of allylic oxidation sites excluding steroid dienone is 2. The molecule has 3 rings (SSSR count). The van der Waals surface area contributed by atoms with Crippen molar-refractivity contribution in [2.45, 2.75) is 71.1 Å². The standard InChI is InChI=1S/C24H35NO/c1-2-3-4-6-11-21-12-13-23-19-25(24(26)15-14-22(23)18-21)17-16-20-9-7-5-8-10-20/h5,7-10,18,22-23H,2-4,6,11-17,19H2,1H3. The molecule has 2 aliphatic rings. The van der Waals surface area contributed by atoms with Crippen molar-refractivity contribution in [2.24, 2.45) is 11.8 Å². The molecule has 0 N–H and O–H groups in total. The second-order valence-corrected chi connectivity index (χ2v) is 8.21. The molecule has 1 aromatic rings. The molecule has 1 saturated heterocycles. The quantitative estimate of drug-likeness (QED) is 0.429. The van der Waals surface area contributed by atoms with Crippen LogP contribution >= 0.6 is 0 Å². The number of likely N-dealkylation sites (tertiary alicyclic amines) is 1. The zero-order valence-corrected chi connectivity index (χ0v) is 16.5. The topological polar surface area (TPSA) is 20.3 Å². The van der Waals surface area contributed by atoms with Gasteiger partial charge in [0, 0.05) is 19.5 Å². The molecule has 0 saturated carbocycles. The Bertz CT molecular complexity index is 591. The zero-order valence-electron chi connectivity index (χ0n) is 16.5. The highest BCUT2D eigenvalue weighted by atomic mass is 16.2. The van der Waals surface area contributed by atoms with Crippen molar-refractivity contribution in [3.05, 3.63) is 47.5 Å². The van der Waals surface area contributed by atoms with Gasteiger partial charge >= 0.3 is 0 Å². The third-order valence-electron chi connectivity index (χ3n) is 6.26. The molecular weight excluding hydrogens is 318 g/mol. The number of amides is 1. The summed E-state index contributed by atoms with van der Waals surface area (Å²) in [6.45, 7) is 4.12. The van der Waals surface area contributed by atoms with Gasteiger partial charge in [0.25, 0.3) is 0 Å². The lowest BCUT2D eigenvalue weighted by Crippen LogP contribution is -2.36. The molecule has 1 amide bonds. The van der Waals surface area contributed by atoms with Gasteiger partial charge < -0.3 is 4.90 Å². The number of carbonyl (C=O) groups excluding carboxylic acids is 1. The molecule has 1 fully saturated rings. The summed E-state index contributed by atoms with van der Waals surface area (Å²) in [4.78, 5) is 14.8. The fourth-order valence-electron chi connectivity index (χ4n) is 4.60. The minimum absolute atomic E-state index is 0.369. The van der Waals surface area contributed by atoms with Gasteiger partial charge in [0.1, 0.15) is 0 Å². The maximum absolute atomic E-state index is 12.6. The Morgan fingerprint density at radius 2 is 1.85 bits per heavy atom. The summed E-state index contributed by atoms with van der Waals surface area (Å²) in [6, 6.07) is 10.6. The van der Waals surface area contributed by atoms with E-state index in [2.05, 4.69) is 48.2 Å². The monoisotopic (exact) mass is 353 g/mol. The van der Waals surface area contributed by atoms with Gasteiger partial charge in [-0.2, -0.15) is 0 Å². The molecule has 2 atom stereocenters. The van der Waals surface area contributed by atoms with Crippen molar-refractivity contribution in [1.82, 2.24) is 4.90 Å². The van der Waals surface area contributed by atoms with Gasteiger partial charge in [-0.25, -0.2) is 0 Å². The van der Waals surface area contributed by atoms with Gasteiger partial charge in [-0.1, -0.05) is 68.2 Å². The Hall–Kier alpha value is -1.57. The van der Waals surface area contributed by atoms with Crippen LogP contribution in [0.15, 0.2) is 42.0 Å². The number of hydrogen-bond acceptors (Lipinski definition) is 1. The summed E-state index contributed by atoms with van der Waals surface area (Å²) < 4.78 is 0. The van der Waals surface area contributed by atoms with Crippen molar-refractivity contribution in [2.75, 3.05) is 13.1 Å². The summed E-state index contributed by atoms with van der Waals surface area (Å²) in [6.07, 6.45) is 14.5. The van der Waals surface area contributed by atoms with E-state index >= 15 is 0 Å². The zero-order chi connectivity index (χ0) is 18.2. The van der Waals surface area contributed by atoms with Gasteiger partial charge in [-0.15, -0.1) is 0 Å². The summed E-state index contributed by atoms with van der Waals surface area (Å²) in [5.74, 6) is 1.68. The average molecular weight is 354 g/mol. The third kappa shape index (κ3) is 5.46. The molecule has 1 aromatic carbocycles. The Morgan fingerprint density at radius 1 is 1.00 bits per heavy atom. The number of carbonyl (C=O) groups is 1. The lowest BCUT2D eigenvalue weighted by molar-refractivity contribution is -0.131. The minimum Gasteiger partial charge on any atom is -0.342 e. The summed E-state index contributed by atoms with van der Waals surface area (Å²) in [5.41, 5.74) is 3.01. The van der Waals surface area contributed by atoms with E-state index in [0.717, 1.165) is 32.4 Å². The van der Waals surface area contributed by atoms with E-state index in [4.69, 9.17) is 0 Å². The number of hydrogen-bond donors (Lipinski definition) is 0. The first-order valence-electron chi connectivity index (χ1n) is 10.8. The lowest BCUT2D eigenvalue weighted by Gasteiger charge is -2.31. The maximum Gasteiger partial charge on any atom is 0.222 e.